The second kappa shape index (κ2) is 13.3. The molecule has 0 aliphatic heterocycles. The van der Waals surface area contributed by atoms with Gasteiger partial charge in [-0.25, -0.2) is 0 Å². The highest BCUT2D eigenvalue weighted by Gasteiger charge is 2.15. The van der Waals surface area contributed by atoms with Gasteiger partial charge in [-0.1, -0.05) is 24.3 Å². The van der Waals surface area contributed by atoms with Crippen LogP contribution in [0.15, 0.2) is 82.8 Å². The van der Waals surface area contributed by atoms with E-state index in [0.29, 0.717) is 61.3 Å². The van der Waals surface area contributed by atoms with Crippen molar-refractivity contribution < 1.29 is 15.0 Å². The van der Waals surface area contributed by atoms with Crippen molar-refractivity contribution >= 4 is 18.3 Å². The maximum Gasteiger partial charge on any atom is 0.253 e. The molecular weight excluding hydrogens is 440 g/mol. The highest BCUT2D eigenvalue weighted by Crippen LogP contribution is 2.14. The molecule has 3 rings (SSSR count). The maximum absolute atomic E-state index is 13.1. The van der Waals surface area contributed by atoms with Crippen LogP contribution in [-0.4, -0.2) is 59.6 Å². The first kappa shape index (κ1) is 25.2. The Balaban J connectivity index is 1.57. The van der Waals surface area contributed by atoms with Crippen molar-refractivity contribution in [2.45, 2.75) is 12.8 Å². The Hall–Kier alpha value is -4.44. The number of hydrogen-bond acceptors (Lipinski definition) is 6. The van der Waals surface area contributed by atoms with Gasteiger partial charge in [0, 0.05) is 55.3 Å². The predicted octanol–water partition coefficient (Wildman–Crippen LogP) is 4.43. The van der Waals surface area contributed by atoms with Gasteiger partial charge in [0.15, 0.2) is 0 Å². The van der Waals surface area contributed by atoms with Gasteiger partial charge in [-0.2, -0.15) is 5.26 Å². The fourth-order valence-electron chi connectivity index (χ4n) is 3.41. The van der Waals surface area contributed by atoms with Gasteiger partial charge in [-0.15, -0.1) is 0 Å². The number of aliphatic imine (C=N–C) groups is 2. The summed E-state index contributed by atoms with van der Waals surface area (Å²) in [6, 6.07) is 22.6. The number of aromatic hydroxyl groups is 2. The van der Waals surface area contributed by atoms with E-state index in [1.54, 1.807) is 78.0 Å². The third-order valence-corrected chi connectivity index (χ3v) is 5.31. The molecule has 0 radical (unpaired) electrons. The van der Waals surface area contributed by atoms with Gasteiger partial charge >= 0.3 is 0 Å². The van der Waals surface area contributed by atoms with Gasteiger partial charge in [0.25, 0.3) is 5.91 Å². The van der Waals surface area contributed by atoms with Crippen LogP contribution < -0.4 is 0 Å². The molecule has 0 atom stereocenters. The van der Waals surface area contributed by atoms with Crippen LogP contribution >= 0.6 is 0 Å². The minimum atomic E-state index is -0.108. The predicted molar refractivity (Wildman–Crippen MR) is 137 cm³/mol. The summed E-state index contributed by atoms with van der Waals surface area (Å²) in [7, 11) is 0. The number of hydrogen-bond donors (Lipinski definition) is 2. The second-order valence-electron chi connectivity index (χ2n) is 7.88. The molecule has 0 aliphatic rings. The molecule has 3 aromatic rings. The molecule has 0 spiro atoms. The van der Waals surface area contributed by atoms with Crippen LogP contribution in [-0.2, 0) is 0 Å². The number of benzene rings is 3. The van der Waals surface area contributed by atoms with E-state index < -0.39 is 0 Å². The molecule has 0 saturated heterocycles. The first-order chi connectivity index (χ1) is 17.1. The van der Waals surface area contributed by atoms with E-state index in [2.05, 4.69) is 16.1 Å². The number of carbonyl (C=O) groups is 1. The summed E-state index contributed by atoms with van der Waals surface area (Å²) in [5, 5.41) is 28.7. The van der Waals surface area contributed by atoms with E-state index in [9.17, 15) is 15.0 Å². The number of amides is 1. The number of phenols is 2. The van der Waals surface area contributed by atoms with Crippen LogP contribution in [0.3, 0.4) is 0 Å². The number of carbonyl (C=O) groups excluding carboxylic acids is 1. The maximum atomic E-state index is 13.1. The van der Waals surface area contributed by atoms with Crippen LogP contribution in [0.1, 0.15) is 39.9 Å². The van der Waals surface area contributed by atoms with Gasteiger partial charge in [0.1, 0.15) is 11.5 Å². The molecule has 7 nitrogen and oxygen atoms in total. The van der Waals surface area contributed by atoms with E-state index in [4.69, 9.17) is 5.26 Å². The summed E-state index contributed by atoms with van der Waals surface area (Å²) in [5.74, 6) is 0.250. The van der Waals surface area contributed by atoms with E-state index in [1.807, 2.05) is 12.1 Å². The number of nitrogens with zero attached hydrogens (tertiary/aromatic N) is 4. The SMILES string of the molecule is N#Cc1ccc(C(=O)N(CCCN=Cc2ccccc2O)CCCN=Cc2ccccc2O)cc1. The summed E-state index contributed by atoms with van der Waals surface area (Å²) in [6.45, 7) is 2.05. The third-order valence-electron chi connectivity index (χ3n) is 5.31. The quantitative estimate of drug-likeness (QED) is 0.320. The number of nitriles is 1. The number of para-hydroxylation sites is 2. The topological polar surface area (TPSA) is 109 Å². The smallest absolute Gasteiger partial charge is 0.253 e. The van der Waals surface area contributed by atoms with Crippen molar-refractivity contribution in [1.82, 2.24) is 4.90 Å². The van der Waals surface area contributed by atoms with Crippen LogP contribution in [0.5, 0.6) is 11.5 Å². The average Bonchev–Trinajstić information content (AvgIpc) is 2.88. The zero-order chi connectivity index (χ0) is 24.9. The van der Waals surface area contributed by atoms with E-state index in [-0.39, 0.29) is 17.4 Å². The molecule has 2 N–H and O–H groups in total. The van der Waals surface area contributed by atoms with Gasteiger partial charge in [-0.3, -0.25) is 14.8 Å². The minimum absolute atomic E-state index is 0.108. The van der Waals surface area contributed by atoms with Crippen molar-refractivity contribution in [3.63, 3.8) is 0 Å². The van der Waals surface area contributed by atoms with Gasteiger partial charge in [0.05, 0.1) is 11.6 Å². The lowest BCUT2D eigenvalue weighted by Crippen LogP contribution is -2.33. The zero-order valence-electron chi connectivity index (χ0n) is 19.4. The second-order valence-corrected chi connectivity index (χ2v) is 7.88. The Morgan fingerprint density at radius 2 is 1.29 bits per heavy atom. The Labute approximate surface area is 205 Å². The summed E-state index contributed by atoms with van der Waals surface area (Å²) < 4.78 is 0. The molecule has 0 aromatic heterocycles. The molecule has 0 saturated carbocycles. The summed E-state index contributed by atoms with van der Waals surface area (Å²) in [5.41, 5.74) is 2.34. The standard InChI is InChI=1S/C28H28N4O3/c29-19-22-11-13-23(14-12-22)28(35)32(17-5-15-30-20-24-7-1-3-9-26(24)33)18-6-16-31-21-25-8-2-4-10-27(25)34/h1-4,7-14,20-21,33-34H,5-6,15-18H2. The molecule has 0 heterocycles. The monoisotopic (exact) mass is 468 g/mol. The Kier molecular flexibility index (Phi) is 9.58. The summed E-state index contributed by atoms with van der Waals surface area (Å²) >= 11 is 0. The molecule has 0 aliphatic carbocycles. The normalized spacial score (nSPS) is 11.1. The van der Waals surface area contributed by atoms with Gasteiger partial charge in [0.2, 0.25) is 0 Å². The van der Waals surface area contributed by atoms with Gasteiger partial charge < -0.3 is 15.1 Å². The fourth-order valence-corrected chi connectivity index (χ4v) is 3.41. The average molecular weight is 469 g/mol. The molecule has 0 bridgehead atoms. The molecule has 7 heteroatoms. The molecule has 35 heavy (non-hydrogen) atoms. The number of rotatable bonds is 11. The van der Waals surface area contributed by atoms with Crippen molar-refractivity contribution in [2.75, 3.05) is 26.2 Å². The molecule has 0 fully saturated rings. The highest BCUT2D eigenvalue weighted by atomic mass is 16.3. The van der Waals surface area contributed by atoms with E-state index in [0.717, 1.165) is 0 Å². The zero-order valence-corrected chi connectivity index (χ0v) is 19.4. The Morgan fingerprint density at radius 3 is 1.74 bits per heavy atom. The van der Waals surface area contributed by atoms with Crippen molar-refractivity contribution in [3.05, 3.63) is 95.1 Å². The van der Waals surface area contributed by atoms with E-state index >= 15 is 0 Å². The number of phenolic OH excluding ortho intramolecular Hbond substituents is 2. The van der Waals surface area contributed by atoms with Crippen LogP contribution in [0, 0.1) is 11.3 Å². The van der Waals surface area contributed by atoms with Gasteiger partial charge in [-0.05, 0) is 61.4 Å². The molecule has 0 unspecified atom stereocenters. The Bertz CT molecular complexity index is 1150. The highest BCUT2D eigenvalue weighted by molar-refractivity contribution is 5.94. The lowest BCUT2D eigenvalue weighted by atomic mass is 10.1. The lowest BCUT2D eigenvalue weighted by molar-refractivity contribution is 0.0754. The largest absolute Gasteiger partial charge is 0.507 e. The third kappa shape index (κ3) is 7.83. The van der Waals surface area contributed by atoms with Crippen LogP contribution in [0.2, 0.25) is 0 Å². The molecule has 178 valence electrons. The molecular formula is C28H28N4O3. The molecule has 1 amide bonds. The van der Waals surface area contributed by atoms with Crippen LogP contribution in [0.25, 0.3) is 0 Å². The first-order valence-electron chi connectivity index (χ1n) is 11.4. The van der Waals surface area contributed by atoms with Crippen molar-refractivity contribution in [2.24, 2.45) is 9.98 Å². The van der Waals surface area contributed by atoms with Crippen molar-refractivity contribution in [3.8, 4) is 17.6 Å². The van der Waals surface area contributed by atoms with Crippen molar-refractivity contribution in [1.29, 1.82) is 5.26 Å². The lowest BCUT2D eigenvalue weighted by Gasteiger charge is -2.22. The van der Waals surface area contributed by atoms with E-state index in [1.165, 1.54) is 0 Å². The fraction of sp³-hybridized carbons (Fsp3) is 0.214. The Morgan fingerprint density at radius 1 is 0.800 bits per heavy atom. The summed E-state index contributed by atoms with van der Waals surface area (Å²) in [4.78, 5) is 23.6. The minimum Gasteiger partial charge on any atom is -0.507 e. The summed E-state index contributed by atoms with van der Waals surface area (Å²) in [6.07, 6.45) is 4.59. The molecule has 3 aromatic carbocycles. The van der Waals surface area contributed by atoms with Crippen LogP contribution in [0.4, 0.5) is 0 Å². The first-order valence-corrected chi connectivity index (χ1v) is 11.4.